The molecule has 7 rings (SSSR count). The van der Waals surface area contributed by atoms with Gasteiger partial charge in [-0.3, -0.25) is 8.98 Å². The van der Waals surface area contributed by atoms with E-state index in [4.69, 9.17) is 23.1 Å². The fourth-order valence-electron chi connectivity index (χ4n) is 9.13. The van der Waals surface area contributed by atoms with Crippen LogP contribution in [0.5, 0.6) is 0 Å². The largest absolute Gasteiger partial charge is 0.456 e. The number of carbonyl (C=O) groups is 3. The lowest BCUT2D eigenvalue weighted by Gasteiger charge is -2.47. The highest BCUT2D eigenvalue weighted by Gasteiger charge is 3.05. The van der Waals surface area contributed by atoms with E-state index in [1.165, 1.54) is 19.1 Å². The molecule has 6 aliphatic rings. The molecular weight excluding hydrogens is 679 g/mol. The number of benzene rings is 1. The van der Waals surface area contributed by atoms with E-state index < -0.39 is 104 Å². The molecular formula is C26H27IO13S. The van der Waals surface area contributed by atoms with Gasteiger partial charge < -0.3 is 34.3 Å². The van der Waals surface area contributed by atoms with Crippen LogP contribution in [0.15, 0.2) is 29.2 Å². The Hall–Kier alpha value is -1.89. The van der Waals surface area contributed by atoms with Crippen LogP contribution in [0.4, 0.5) is 0 Å². The number of aliphatic hydroxyl groups is 3. The minimum Gasteiger partial charge on any atom is -0.456 e. The second-order valence-corrected chi connectivity index (χ2v) is 15.6. The quantitative estimate of drug-likeness (QED) is 0.160. The van der Waals surface area contributed by atoms with Gasteiger partial charge in [0.15, 0.2) is 17.8 Å². The van der Waals surface area contributed by atoms with Gasteiger partial charge in [0.1, 0.15) is 18.3 Å². The number of carbonyl (C=O) groups excluding carboxylic acids is 3. The number of aliphatic hydroxyl groups excluding tert-OH is 2. The zero-order chi connectivity index (χ0) is 29.9. The molecule has 2 saturated carbocycles. The van der Waals surface area contributed by atoms with Crippen molar-refractivity contribution in [2.24, 2.45) is 28.1 Å². The number of hydrogen-bond donors (Lipinski definition) is 3. The van der Waals surface area contributed by atoms with Crippen LogP contribution in [-0.2, 0) is 47.6 Å². The van der Waals surface area contributed by atoms with Crippen molar-refractivity contribution < 1.29 is 61.3 Å². The average Bonchev–Trinajstić information content (AvgIpc) is 3.57. The normalized spacial score (nSPS) is 49.3. The van der Waals surface area contributed by atoms with Crippen molar-refractivity contribution in [3.8, 4) is 0 Å². The molecule has 2 aliphatic carbocycles. The minimum atomic E-state index is -4.57. The summed E-state index contributed by atoms with van der Waals surface area (Å²) in [5, 5.41) is 36.0. The van der Waals surface area contributed by atoms with Crippen molar-refractivity contribution >= 4 is 50.6 Å². The van der Waals surface area contributed by atoms with Crippen molar-refractivity contribution in [1.29, 1.82) is 0 Å². The van der Waals surface area contributed by atoms with Gasteiger partial charge in [-0.2, -0.15) is 8.42 Å². The van der Waals surface area contributed by atoms with Crippen LogP contribution in [-0.4, -0.2) is 89.7 Å². The maximum atomic E-state index is 14.0. The van der Waals surface area contributed by atoms with E-state index in [1.807, 2.05) is 22.6 Å². The predicted octanol–water partition coefficient (Wildman–Crippen LogP) is -0.381. The molecule has 0 aromatic heterocycles. The van der Waals surface area contributed by atoms with Crippen LogP contribution in [0.25, 0.3) is 0 Å². The predicted molar refractivity (Wildman–Crippen MR) is 139 cm³/mol. The Morgan fingerprint density at radius 1 is 0.976 bits per heavy atom. The van der Waals surface area contributed by atoms with E-state index >= 15 is 0 Å². The van der Waals surface area contributed by atoms with Gasteiger partial charge in [-0.05, 0) is 59.2 Å². The first-order chi connectivity index (χ1) is 19.0. The molecule has 4 saturated heterocycles. The molecule has 4 heterocycles. The Morgan fingerprint density at radius 3 is 2.22 bits per heavy atom. The average molecular weight is 706 g/mol. The van der Waals surface area contributed by atoms with Crippen molar-refractivity contribution in [1.82, 2.24) is 0 Å². The molecule has 41 heavy (non-hydrogen) atoms. The van der Waals surface area contributed by atoms with Crippen LogP contribution in [0.3, 0.4) is 0 Å². The molecule has 6 unspecified atom stereocenters. The number of rotatable bonds is 3. The second kappa shape index (κ2) is 7.78. The Kier molecular flexibility index (Phi) is 5.30. The monoisotopic (exact) mass is 706 g/mol. The molecule has 0 radical (unpaired) electrons. The van der Waals surface area contributed by atoms with Crippen LogP contribution >= 0.6 is 22.6 Å². The van der Waals surface area contributed by atoms with Gasteiger partial charge in [-0.1, -0.05) is 20.8 Å². The summed E-state index contributed by atoms with van der Waals surface area (Å²) in [6.45, 7) is 6.39. The van der Waals surface area contributed by atoms with Gasteiger partial charge >= 0.3 is 17.9 Å². The van der Waals surface area contributed by atoms with Gasteiger partial charge in [0, 0.05) is 9.49 Å². The molecule has 222 valence electrons. The van der Waals surface area contributed by atoms with Crippen LogP contribution in [0.2, 0.25) is 0 Å². The van der Waals surface area contributed by atoms with E-state index in [1.54, 1.807) is 32.9 Å². The first-order valence-electron chi connectivity index (χ1n) is 13.0. The molecule has 1 aromatic rings. The maximum absolute atomic E-state index is 14.0. The fraction of sp³-hybridized carbons (Fsp3) is 0.654. The summed E-state index contributed by atoms with van der Waals surface area (Å²) in [4.78, 5) is 39.5. The molecule has 15 heteroatoms. The van der Waals surface area contributed by atoms with E-state index in [0.717, 1.165) is 3.57 Å². The highest BCUT2D eigenvalue weighted by Crippen LogP contribution is 2.84. The van der Waals surface area contributed by atoms with E-state index in [0.29, 0.717) is 0 Å². The van der Waals surface area contributed by atoms with Crippen LogP contribution in [0.1, 0.15) is 27.7 Å². The van der Waals surface area contributed by atoms with Crippen LogP contribution in [0, 0.1) is 31.7 Å². The third kappa shape index (κ3) is 2.64. The standard InChI is InChI=1S/C26H27IO13S/c1-9-18(30)36-17-14(28)24-16-12(40-41(34,35)11-7-5-10(27)6-8-11)13(22(2,3)4)23(24)15(29)19(31)38-21(23)39-26(24,20(32)37-16)25(9,17)33/h5-9,12-17,21,28-29,33H,1-4H3/t9-,12-,13+,14+,15+,16?,17?,21?,23?,24?,25-,26?/m1/s1. The zero-order valence-electron chi connectivity index (χ0n) is 22.1. The molecule has 2 spiro atoms. The van der Waals surface area contributed by atoms with Crippen molar-refractivity contribution in [2.45, 2.75) is 80.6 Å². The highest BCUT2D eigenvalue weighted by molar-refractivity contribution is 14.1. The Labute approximate surface area is 247 Å². The van der Waals surface area contributed by atoms with Crippen molar-refractivity contribution in [2.75, 3.05) is 0 Å². The number of fused-ring (bicyclic) bond motifs is 1. The smallest absolute Gasteiger partial charge is 0.343 e. The fourth-order valence-corrected chi connectivity index (χ4v) is 10.6. The number of hydrogen-bond acceptors (Lipinski definition) is 13. The van der Waals surface area contributed by atoms with Gasteiger partial charge in [-0.15, -0.1) is 0 Å². The molecule has 1 aromatic carbocycles. The molecule has 4 aliphatic heterocycles. The maximum Gasteiger partial charge on any atom is 0.343 e. The summed E-state index contributed by atoms with van der Waals surface area (Å²) < 4.78 is 56.8. The lowest BCUT2D eigenvalue weighted by Crippen LogP contribution is -2.67. The van der Waals surface area contributed by atoms with Gasteiger partial charge in [-0.25, -0.2) is 9.59 Å². The topological polar surface area (TPSA) is 192 Å². The molecule has 0 amide bonds. The van der Waals surface area contributed by atoms with Gasteiger partial charge in [0.25, 0.3) is 10.1 Å². The third-order valence-corrected chi connectivity index (χ3v) is 12.3. The molecule has 0 bridgehead atoms. The zero-order valence-corrected chi connectivity index (χ0v) is 25.1. The second-order valence-electron chi connectivity index (χ2n) is 12.8. The lowest BCUT2D eigenvalue weighted by molar-refractivity contribution is -0.240. The van der Waals surface area contributed by atoms with Crippen molar-refractivity contribution in [3.63, 3.8) is 0 Å². The van der Waals surface area contributed by atoms with Crippen molar-refractivity contribution in [3.05, 3.63) is 27.8 Å². The summed E-state index contributed by atoms with van der Waals surface area (Å²) in [6, 6.07) is 5.79. The number of ether oxygens (including phenoxy) is 4. The molecule has 13 nitrogen and oxygen atoms in total. The lowest BCUT2D eigenvalue weighted by atomic mass is 9.51. The summed E-state index contributed by atoms with van der Waals surface area (Å²) in [6.07, 6.45) is -10.8. The molecule has 12 atom stereocenters. The summed E-state index contributed by atoms with van der Waals surface area (Å²) in [7, 11) is -4.57. The van der Waals surface area contributed by atoms with E-state index in [9.17, 15) is 38.1 Å². The van der Waals surface area contributed by atoms with Gasteiger partial charge in [0.2, 0.25) is 11.9 Å². The molecule has 3 N–H and O–H groups in total. The SMILES string of the molecule is C[C@@H]1C(=O)OC2[C@H](O)C34C5OC(=O)C3(OC3OC(=O)[C@H](O)C34[C@H](C(C)(C)C)[C@H]5OS(=O)(=O)c3ccc(I)cc3)[C@]21O. The van der Waals surface area contributed by atoms with Gasteiger partial charge in [0.05, 0.1) is 21.6 Å². The summed E-state index contributed by atoms with van der Waals surface area (Å²) >= 11 is 2.01. The van der Waals surface area contributed by atoms with E-state index in [-0.39, 0.29) is 4.90 Å². The third-order valence-electron chi connectivity index (χ3n) is 10.3. The minimum absolute atomic E-state index is 0.203. The first-order valence-corrected chi connectivity index (χ1v) is 15.5. The Morgan fingerprint density at radius 2 is 1.61 bits per heavy atom. The highest BCUT2D eigenvalue weighted by atomic mass is 127. The van der Waals surface area contributed by atoms with E-state index in [2.05, 4.69) is 0 Å². The number of esters is 3. The molecule has 6 fully saturated rings. The number of halogens is 1. The Balaban J connectivity index is 1.52. The Bertz CT molecular complexity index is 1520. The summed E-state index contributed by atoms with van der Waals surface area (Å²) in [5.74, 6) is -5.87. The first kappa shape index (κ1) is 27.9. The van der Waals surface area contributed by atoms with Crippen LogP contribution < -0.4 is 0 Å². The summed E-state index contributed by atoms with van der Waals surface area (Å²) in [5.41, 5.74) is -10.4.